The largest absolute Gasteiger partial charge is 0.489 e. The van der Waals surface area contributed by atoms with Crippen LogP contribution in [0, 0.1) is 22.9 Å². The van der Waals surface area contributed by atoms with E-state index in [9.17, 15) is 19.3 Å². The van der Waals surface area contributed by atoms with Gasteiger partial charge in [-0.15, -0.1) is 0 Å². The SMILES string of the molecule is Cc1ncc([N+](=O)[O-])n1CC(=O)N/N=C/c1ccc(OCc2c(F)cccc2Cl)cc1. The van der Waals surface area contributed by atoms with Gasteiger partial charge in [0.2, 0.25) is 0 Å². The van der Waals surface area contributed by atoms with Crippen molar-refractivity contribution in [2.24, 2.45) is 5.10 Å². The van der Waals surface area contributed by atoms with Crippen molar-refractivity contribution in [2.45, 2.75) is 20.1 Å². The third-order valence-electron chi connectivity index (χ3n) is 4.25. The second kappa shape index (κ2) is 9.81. The van der Waals surface area contributed by atoms with Crippen molar-refractivity contribution in [2.75, 3.05) is 0 Å². The number of amides is 1. The zero-order chi connectivity index (χ0) is 22.4. The summed E-state index contributed by atoms with van der Waals surface area (Å²) in [7, 11) is 0. The molecule has 3 rings (SSSR count). The standard InChI is InChI=1S/C20H17ClFN5O4/c1-13-23-10-20(27(29)30)26(13)11-19(28)25-24-9-14-5-7-15(8-6-14)31-12-16-17(21)3-2-4-18(16)22/h2-10H,11-12H2,1H3,(H,25,28)/b24-9+. The number of benzene rings is 2. The number of ether oxygens (including phenoxy) is 1. The molecule has 3 aromatic rings. The number of hydrazone groups is 1. The number of nitrogens with zero attached hydrogens (tertiary/aromatic N) is 4. The van der Waals surface area contributed by atoms with Gasteiger partial charge in [-0.1, -0.05) is 17.7 Å². The highest BCUT2D eigenvalue weighted by atomic mass is 35.5. The molecule has 0 radical (unpaired) electrons. The molecule has 1 N–H and O–H groups in total. The lowest BCUT2D eigenvalue weighted by Gasteiger charge is -2.08. The van der Waals surface area contributed by atoms with Gasteiger partial charge in [-0.2, -0.15) is 5.10 Å². The smallest absolute Gasteiger partial charge is 0.343 e. The van der Waals surface area contributed by atoms with E-state index in [0.29, 0.717) is 17.1 Å². The Labute approximate surface area is 181 Å². The predicted octanol–water partition coefficient (Wildman–Crippen LogP) is 3.62. The average Bonchev–Trinajstić information content (AvgIpc) is 3.09. The molecule has 160 valence electrons. The van der Waals surface area contributed by atoms with E-state index < -0.39 is 16.6 Å². The molecule has 0 bridgehead atoms. The van der Waals surface area contributed by atoms with Crippen molar-refractivity contribution in [3.63, 3.8) is 0 Å². The van der Waals surface area contributed by atoms with Gasteiger partial charge < -0.3 is 14.9 Å². The minimum absolute atomic E-state index is 0.0190. The molecule has 1 amide bonds. The highest BCUT2D eigenvalue weighted by Gasteiger charge is 2.19. The number of imidazole rings is 1. The van der Waals surface area contributed by atoms with Gasteiger partial charge in [-0.25, -0.2) is 19.4 Å². The van der Waals surface area contributed by atoms with E-state index in [1.54, 1.807) is 37.3 Å². The van der Waals surface area contributed by atoms with Crippen LogP contribution >= 0.6 is 11.6 Å². The Kier molecular flexibility index (Phi) is 6.93. The van der Waals surface area contributed by atoms with Gasteiger partial charge in [-0.05, 0) is 46.9 Å². The van der Waals surface area contributed by atoms with Crippen LogP contribution in [0.2, 0.25) is 5.02 Å². The number of hydrogen-bond donors (Lipinski definition) is 1. The van der Waals surface area contributed by atoms with E-state index in [0.717, 1.165) is 6.20 Å². The van der Waals surface area contributed by atoms with Crippen LogP contribution in [-0.2, 0) is 17.9 Å². The maximum Gasteiger partial charge on any atom is 0.343 e. The third kappa shape index (κ3) is 5.64. The van der Waals surface area contributed by atoms with E-state index in [1.807, 2.05) is 0 Å². The molecule has 0 aliphatic carbocycles. The van der Waals surface area contributed by atoms with Crippen LogP contribution in [0.4, 0.5) is 10.2 Å². The van der Waals surface area contributed by atoms with Gasteiger partial charge in [0.25, 0.3) is 5.91 Å². The first-order valence-corrected chi connectivity index (χ1v) is 9.37. The zero-order valence-corrected chi connectivity index (χ0v) is 17.0. The van der Waals surface area contributed by atoms with Gasteiger partial charge in [0.15, 0.2) is 12.4 Å². The number of carbonyl (C=O) groups excluding carboxylic acids is 1. The Morgan fingerprint density at radius 1 is 1.35 bits per heavy atom. The van der Waals surface area contributed by atoms with Crippen molar-refractivity contribution in [1.82, 2.24) is 15.0 Å². The van der Waals surface area contributed by atoms with Crippen LogP contribution in [0.3, 0.4) is 0 Å². The maximum absolute atomic E-state index is 13.8. The molecule has 2 aromatic carbocycles. The molecule has 31 heavy (non-hydrogen) atoms. The molecule has 11 heteroatoms. The average molecular weight is 446 g/mol. The molecular weight excluding hydrogens is 429 g/mol. The zero-order valence-electron chi connectivity index (χ0n) is 16.3. The molecule has 0 saturated carbocycles. The number of aryl methyl sites for hydroxylation is 1. The van der Waals surface area contributed by atoms with Crippen molar-refractivity contribution >= 4 is 29.5 Å². The number of hydrogen-bond acceptors (Lipinski definition) is 6. The summed E-state index contributed by atoms with van der Waals surface area (Å²) in [5, 5.41) is 15.1. The Morgan fingerprint density at radius 3 is 2.77 bits per heavy atom. The lowest BCUT2D eigenvalue weighted by Crippen LogP contribution is -2.24. The first kappa shape index (κ1) is 21.9. The molecule has 0 atom stereocenters. The van der Waals surface area contributed by atoms with Crippen molar-refractivity contribution in [3.05, 3.63) is 86.6 Å². The predicted molar refractivity (Wildman–Crippen MR) is 112 cm³/mol. The lowest BCUT2D eigenvalue weighted by atomic mass is 10.2. The summed E-state index contributed by atoms with van der Waals surface area (Å²) in [4.78, 5) is 26.2. The monoisotopic (exact) mass is 445 g/mol. The summed E-state index contributed by atoms with van der Waals surface area (Å²) >= 11 is 5.97. The van der Waals surface area contributed by atoms with E-state index in [2.05, 4.69) is 15.5 Å². The molecule has 1 heterocycles. The molecule has 0 saturated heterocycles. The van der Waals surface area contributed by atoms with Gasteiger partial charge in [0.1, 0.15) is 24.4 Å². The van der Waals surface area contributed by atoms with Crippen molar-refractivity contribution in [1.29, 1.82) is 0 Å². The number of carbonyl (C=O) groups is 1. The molecule has 0 spiro atoms. The van der Waals surface area contributed by atoms with E-state index in [-0.39, 0.29) is 29.6 Å². The summed E-state index contributed by atoms with van der Waals surface area (Å²) in [6.45, 7) is 1.26. The van der Waals surface area contributed by atoms with Crippen LogP contribution in [0.15, 0.2) is 53.8 Å². The Morgan fingerprint density at radius 2 is 2.10 bits per heavy atom. The minimum Gasteiger partial charge on any atom is -0.489 e. The Hall–Kier alpha value is -3.79. The molecule has 0 aliphatic rings. The van der Waals surface area contributed by atoms with Gasteiger partial charge in [0.05, 0.1) is 11.2 Å². The highest BCUT2D eigenvalue weighted by molar-refractivity contribution is 6.31. The minimum atomic E-state index is -0.611. The number of rotatable bonds is 8. The summed E-state index contributed by atoms with van der Waals surface area (Å²) < 4.78 is 20.5. The fraction of sp³-hybridized carbons (Fsp3) is 0.150. The Balaban J connectivity index is 1.53. The molecule has 0 fully saturated rings. The molecular formula is C20H17ClFN5O4. The first-order chi connectivity index (χ1) is 14.8. The van der Waals surface area contributed by atoms with Gasteiger partial charge in [0, 0.05) is 12.5 Å². The molecule has 1 aromatic heterocycles. The maximum atomic E-state index is 13.8. The summed E-state index contributed by atoms with van der Waals surface area (Å²) in [5.41, 5.74) is 3.25. The summed E-state index contributed by atoms with van der Waals surface area (Å²) in [6.07, 6.45) is 2.50. The van der Waals surface area contributed by atoms with E-state index in [4.69, 9.17) is 16.3 Å². The number of nitrogens with one attached hydrogen (secondary N) is 1. The quantitative estimate of drug-likeness (QED) is 0.323. The van der Waals surface area contributed by atoms with Gasteiger partial charge in [-0.3, -0.25) is 4.79 Å². The normalized spacial score (nSPS) is 10.9. The molecule has 0 unspecified atom stereocenters. The third-order valence-corrected chi connectivity index (χ3v) is 4.60. The summed E-state index contributed by atoms with van der Waals surface area (Å²) in [6, 6.07) is 11.1. The van der Waals surface area contributed by atoms with Crippen LogP contribution in [-0.4, -0.2) is 26.6 Å². The highest BCUT2D eigenvalue weighted by Crippen LogP contribution is 2.21. The number of nitro groups is 1. The number of halogens is 2. The van der Waals surface area contributed by atoms with E-state index >= 15 is 0 Å². The van der Waals surface area contributed by atoms with Crippen LogP contribution in [0.1, 0.15) is 17.0 Å². The molecule has 9 nitrogen and oxygen atoms in total. The van der Waals surface area contributed by atoms with E-state index in [1.165, 1.54) is 22.9 Å². The molecule has 0 aliphatic heterocycles. The van der Waals surface area contributed by atoms with Crippen LogP contribution in [0.25, 0.3) is 0 Å². The first-order valence-electron chi connectivity index (χ1n) is 8.99. The van der Waals surface area contributed by atoms with Crippen LogP contribution < -0.4 is 10.2 Å². The second-order valence-corrected chi connectivity index (χ2v) is 6.77. The van der Waals surface area contributed by atoms with Crippen LogP contribution in [0.5, 0.6) is 5.75 Å². The van der Waals surface area contributed by atoms with Crippen molar-refractivity contribution < 1.29 is 18.8 Å². The second-order valence-electron chi connectivity index (χ2n) is 6.36. The van der Waals surface area contributed by atoms with Crippen molar-refractivity contribution in [3.8, 4) is 5.75 Å². The Bertz CT molecular complexity index is 1110. The fourth-order valence-corrected chi connectivity index (χ4v) is 2.85. The lowest BCUT2D eigenvalue weighted by molar-refractivity contribution is -0.392. The number of aromatic nitrogens is 2. The topological polar surface area (TPSA) is 112 Å². The summed E-state index contributed by atoms with van der Waals surface area (Å²) in [5.74, 6) is -0.407. The van der Waals surface area contributed by atoms with Gasteiger partial charge >= 0.3 is 5.82 Å². The fourth-order valence-electron chi connectivity index (χ4n) is 2.63.